The standard InChI is InChI=1S/C15H20BrNO2/c1-3-15(2,10-16)17-14(18)12-8-11-6-4-5-7-13(11)19-9-12/h4-7,12H,3,8-10H2,1-2H3,(H,17,18). The molecule has 3 nitrogen and oxygen atoms in total. The van der Waals surface area contributed by atoms with Crippen LogP contribution in [0, 0.1) is 5.92 Å². The molecule has 4 heteroatoms. The number of nitrogens with one attached hydrogen (secondary N) is 1. The molecule has 1 aliphatic heterocycles. The van der Waals surface area contributed by atoms with E-state index in [4.69, 9.17) is 4.74 Å². The van der Waals surface area contributed by atoms with E-state index in [1.165, 1.54) is 0 Å². The van der Waals surface area contributed by atoms with Crippen molar-refractivity contribution in [3.63, 3.8) is 0 Å². The summed E-state index contributed by atoms with van der Waals surface area (Å²) in [5, 5.41) is 3.88. The lowest BCUT2D eigenvalue weighted by Gasteiger charge is -2.31. The van der Waals surface area contributed by atoms with Crippen molar-refractivity contribution >= 4 is 21.8 Å². The highest BCUT2D eigenvalue weighted by molar-refractivity contribution is 9.09. The quantitative estimate of drug-likeness (QED) is 0.864. The van der Waals surface area contributed by atoms with Crippen LogP contribution in [0.3, 0.4) is 0 Å². The monoisotopic (exact) mass is 325 g/mol. The van der Waals surface area contributed by atoms with Crippen molar-refractivity contribution in [1.82, 2.24) is 5.32 Å². The summed E-state index contributed by atoms with van der Waals surface area (Å²) in [4.78, 5) is 12.3. The number of rotatable bonds is 4. The number of ether oxygens (including phenoxy) is 1. The maximum Gasteiger partial charge on any atom is 0.227 e. The van der Waals surface area contributed by atoms with Gasteiger partial charge in [0.05, 0.1) is 5.92 Å². The molecule has 0 saturated heterocycles. The number of amides is 1. The molecule has 1 amide bonds. The highest BCUT2D eigenvalue weighted by Crippen LogP contribution is 2.27. The van der Waals surface area contributed by atoms with Gasteiger partial charge in [0, 0.05) is 10.9 Å². The smallest absolute Gasteiger partial charge is 0.227 e. The van der Waals surface area contributed by atoms with E-state index in [9.17, 15) is 4.79 Å². The molecule has 19 heavy (non-hydrogen) atoms. The zero-order valence-electron chi connectivity index (χ0n) is 11.4. The fraction of sp³-hybridized carbons (Fsp3) is 0.533. The molecule has 0 aliphatic carbocycles. The molecular formula is C15H20BrNO2. The van der Waals surface area contributed by atoms with Crippen LogP contribution in [0.5, 0.6) is 5.75 Å². The van der Waals surface area contributed by atoms with E-state index in [1.807, 2.05) is 24.3 Å². The summed E-state index contributed by atoms with van der Waals surface area (Å²) in [6.07, 6.45) is 1.65. The third-order valence-electron chi connectivity index (χ3n) is 3.75. The van der Waals surface area contributed by atoms with E-state index < -0.39 is 0 Å². The molecule has 104 valence electrons. The molecule has 2 rings (SSSR count). The van der Waals surface area contributed by atoms with Gasteiger partial charge in [-0.1, -0.05) is 41.1 Å². The first kappa shape index (κ1) is 14.4. The Kier molecular flexibility index (Phi) is 4.50. The highest BCUT2D eigenvalue weighted by Gasteiger charge is 2.30. The summed E-state index contributed by atoms with van der Waals surface area (Å²) < 4.78 is 5.67. The second-order valence-corrected chi connectivity index (χ2v) is 5.92. The Hall–Kier alpha value is -1.03. The molecule has 0 bridgehead atoms. The topological polar surface area (TPSA) is 38.3 Å². The first-order valence-corrected chi connectivity index (χ1v) is 7.79. The van der Waals surface area contributed by atoms with Crippen molar-refractivity contribution in [1.29, 1.82) is 0 Å². The van der Waals surface area contributed by atoms with Crippen LogP contribution >= 0.6 is 15.9 Å². The molecule has 1 N–H and O–H groups in total. The molecular weight excluding hydrogens is 306 g/mol. The van der Waals surface area contributed by atoms with E-state index in [1.54, 1.807) is 0 Å². The number of hydrogen-bond donors (Lipinski definition) is 1. The minimum atomic E-state index is -0.186. The Balaban J connectivity index is 2.03. The lowest BCUT2D eigenvalue weighted by Crippen LogP contribution is -2.50. The average molecular weight is 326 g/mol. The first-order chi connectivity index (χ1) is 9.08. The molecule has 0 spiro atoms. The number of carbonyl (C=O) groups is 1. The second kappa shape index (κ2) is 5.95. The fourth-order valence-corrected chi connectivity index (χ4v) is 2.65. The van der Waals surface area contributed by atoms with Gasteiger partial charge >= 0.3 is 0 Å². The van der Waals surface area contributed by atoms with Gasteiger partial charge in [0.25, 0.3) is 0 Å². The molecule has 0 fully saturated rings. The molecule has 0 radical (unpaired) electrons. The van der Waals surface area contributed by atoms with Crippen molar-refractivity contribution in [3.8, 4) is 5.75 Å². The fourth-order valence-electron chi connectivity index (χ4n) is 2.11. The number of para-hydroxylation sites is 1. The van der Waals surface area contributed by atoms with Crippen molar-refractivity contribution in [2.45, 2.75) is 32.2 Å². The molecule has 2 unspecified atom stereocenters. The van der Waals surface area contributed by atoms with Crippen LogP contribution in [0.4, 0.5) is 0 Å². The number of halogens is 1. The van der Waals surface area contributed by atoms with Gasteiger partial charge < -0.3 is 10.1 Å². The molecule has 0 saturated carbocycles. The minimum absolute atomic E-state index is 0.0818. The zero-order chi connectivity index (χ0) is 13.9. The van der Waals surface area contributed by atoms with Gasteiger partial charge in [0.1, 0.15) is 12.4 Å². The van der Waals surface area contributed by atoms with Gasteiger partial charge in [-0.15, -0.1) is 0 Å². The van der Waals surface area contributed by atoms with Crippen LogP contribution in [0.1, 0.15) is 25.8 Å². The molecule has 1 aromatic carbocycles. The highest BCUT2D eigenvalue weighted by atomic mass is 79.9. The van der Waals surface area contributed by atoms with Crippen molar-refractivity contribution in [2.75, 3.05) is 11.9 Å². The van der Waals surface area contributed by atoms with Gasteiger partial charge in [0.15, 0.2) is 0 Å². The van der Waals surface area contributed by atoms with Crippen molar-refractivity contribution in [3.05, 3.63) is 29.8 Å². The third kappa shape index (κ3) is 3.30. The van der Waals surface area contributed by atoms with Crippen LogP contribution in [-0.4, -0.2) is 23.4 Å². The van der Waals surface area contributed by atoms with Gasteiger partial charge in [-0.2, -0.15) is 0 Å². The summed E-state index contributed by atoms with van der Waals surface area (Å²) in [7, 11) is 0. The van der Waals surface area contributed by atoms with Gasteiger partial charge in [-0.3, -0.25) is 4.79 Å². The van der Waals surface area contributed by atoms with Gasteiger partial charge in [0.2, 0.25) is 5.91 Å². The SMILES string of the molecule is CCC(C)(CBr)NC(=O)C1COc2ccccc2C1. The molecule has 1 heterocycles. The summed E-state index contributed by atoms with van der Waals surface area (Å²) in [5.41, 5.74) is 0.930. The average Bonchev–Trinajstić information content (AvgIpc) is 2.46. The predicted octanol–water partition coefficient (Wildman–Crippen LogP) is 2.92. The van der Waals surface area contributed by atoms with Crippen LogP contribution in [-0.2, 0) is 11.2 Å². The Morgan fingerprint density at radius 1 is 1.53 bits per heavy atom. The maximum absolute atomic E-state index is 12.3. The number of fused-ring (bicyclic) bond motifs is 1. The number of alkyl halides is 1. The summed E-state index contributed by atoms with van der Waals surface area (Å²) >= 11 is 3.46. The van der Waals surface area contributed by atoms with E-state index in [0.717, 1.165) is 29.5 Å². The Labute approximate surface area is 122 Å². The molecule has 0 aromatic heterocycles. The lowest BCUT2D eigenvalue weighted by atomic mass is 9.94. The molecule has 1 aromatic rings. The van der Waals surface area contributed by atoms with E-state index in [-0.39, 0.29) is 17.4 Å². The maximum atomic E-state index is 12.3. The van der Waals surface area contributed by atoms with E-state index in [2.05, 4.69) is 35.1 Å². The van der Waals surface area contributed by atoms with Gasteiger partial charge in [-0.05, 0) is 31.4 Å². The Morgan fingerprint density at radius 2 is 2.26 bits per heavy atom. The third-order valence-corrected chi connectivity index (χ3v) is 4.99. The second-order valence-electron chi connectivity index (χ2n) is 5.36. The Bertz CT molecular complexity index is 457. The van der Waals surface area contributed by atoms with Crippen molar-refractivity contribution < 1.29 is 9.53 Å². The molecule has 1 aliphatic rings. The predicted molar refractivity (Wildman–Crippen MR) is 79.8 cm³/mol. The normalized spacial score (nSPS) is 20.9. The lowest BCUT2D eigenvalue weighted by molar-refractivity contribution is -0.127. The number of carbonyl (C=O) groups excluding carboxylic acids is 1. The summed E-state index contributed by atoms with van der Waals surface area (Å²) in [6, 6.07) is 7.92. The van der Waals surface area contributed by atoms with Crippen LogP contribution in [0.15, 0.2) is 24.3 Å². The van der Waals surface area contributed by atoms with Crippen molar-refractivity contribution in [2.24, 2.45) is 5.92 Å². The molecule has 2 atom stereocenters. The van der Waals surface area contributed by atoms with Gasteiger partial charge in [-0.25, -0.2) is 0 Å². The number of benzene rings is 1. The van der Waals surface area contributed by atoms with Crippen LogP contribution < -0.4 is 10.1 Å². The van der Waals surface area contributed by atoms with E-state index in [0.29, 0.717) is 6.61 Å². The Morgan fingerprint density at radius 3 is 2.95 bits per heavy atom. The number of hydrogen-bond acceptors (Lipinski definition) is 2. The first-order valence-electron chi connectivity index (χ1n) is 6.66. The largest absolute Gasteiger partial charge is 0.492 e. The van der Waals surface area contributed by atoms with E-state index >= 15 is 0 Å². The van der Waals surface area contributed by atoms with Crippen LogP contribution in [0.25, 0.3) is 0 Å². The summed E-state index contributed by atoms with van der Waals surface area (Å²) in [5.74, 6) is 0.892. The minimum Gasteiger partial charge on any atom is -0.492 e. The van der Waals surface area contributed by atoms with Crippen LogP contribution in [0.2, 0.25) is 0 Å². The summed E-state index contributed by atoms with van der Waals surface area (Å²) in [6.45, 7) is 4.59. The zero-order valence-corrected chi connectivity index (χ0v) is 13.0.